The maximum absolute atomic E-state index is 12.2. The molecule has 1 heterocycles. The van der Waals surface area contributed by atoms with Gasteiger partial charge in [0.25, 0.3) is 0 Å². The maximum atomic E-state index is 12.2. The van der Waals surface area contributed by atoms with Crippen molar-refractivity contribution in [3.05, 3.63) is 0 Å². The second-order valence-corrected chi connectivity index (χ2v) is 6.32. The standard InChI is InChI=1S/C14H26N2O4/c1-10(15-13(19)20-14(2,3)4)12(18)16-7-5-11(9-17)6-8-16/h10-11,17H,5-9H2,1-4H3,(H,15,19)/t10-/m0/s1. The minimum atomic E-state index is -0.601. The first-order chi connectivity index (χ1) is 9.23. The predicted octanol–water partition coefficient (Wildman–Crippen LogP) is 1.13. The topological polar surface area (TPSA) is 78.9 Å². The van der Waals surface area contributed by atoms with E-state index in [2.05, 4.69) is 5.32 Å². The van der Waals surface area contributed by atoms with Crippen molar-refractivity contribution in [2.45, 2.75) is 52.2 Å². The van der Waals surface area contributed by atoms with Crippen LogP contribution in [0.25, 0.3) is 0 Å². The van der Waals surface area contributed by atoms with Crippen molar-refractivity contribution >= 4 is 12.0 Å². The molecule has 0 aromatic rings. The molecule has 1 atom stereocenters. The van der Waals surface area contributed by atoms with Crippen molar-refractivity contribution in [2.24, 2.45) is 5.92 Å². The molecule has 0 aromatic carbocycles. The van der Waals surface area contributed by atoms with E-state index in [1.165, 1.54) is 0 Å². The lowest BCUT2D eigenvalue weighted by molar-refractivity contribution is -0.134. The molecule has 116 valence electrons. The number of carbonyl (C=O) groups excluding carboxylic acids is 2. The van der Waals surface area contributed by atoms with E-state index < -0.39 is 17.7 Å². The van der Waals surface area contributed by atoms with Crippen LogP contribution in [0.4, 0.5) is 4.79 Å². The van der Waals surface area contributed by atoms with Crippen LogP contribution in [0.2, 0.25) is 0 Å². The lowest BCUT2D eigenvalue weighted by atomic mass is 9.97. The summed E-state index contributed by atoms with van der Waals surface area (Å²) >= 11 is 0. The highest BCUT2D eigenvalue weighted by molar-refractivity contribution is 5.85. The van der Waals surface area contributed by atoms with E-state index in [-0.39, 0.29) is 18.4 Å². The highest BCUT2D eigenvalue weighted by Gasteiger charge is 2.27. The number of carbonyl (C=O) groups is 2. The van der Waals surface area contributed by atoms with Crippen LogP contribution in [0.15, 0.2) is 0 Å². The summed E-state index contributed by atoms with van der Waals surface area (Å²) < 4.78 is 5.13. The number of aliphatic hydroxyl groups is 1. The molecule has 1 aliphatic heterocycles. The number of hydrogen-bond donors (Lipinski definition) is 2. The van der Waals surface area contributed by atoms with Gasteiger partial charge >= 0.3 is 6.09 Å². The fraction of sp³-hybridized carbons (Fsp3) is 0.857. The van der Waals surface area contributed by atoms with Gasteiger partial charge in [0, 0.05) is 19.7 Å². The van der Waals surface area contributed by atoms with Gasteiger partial charge in [-0.15, -0.1) is 0 Å². The lowest BCUT2D eigenvalue weighted by Crippen LogP contribution is -2.50. The van der Waals surface area contributed by atoms with E-state index >= 15 is 0 Å². The zero-order valence-electron chi connectivity index (χ0n) is 12.8. The van der Waals surface area contributed by atoms with Crippen LogP contribution in [0.3, 0.4) is 0 Å². The number of nitrogens with one attached hydrogen (secondary N) is 1. The van der Waals surface area contributed by atoms with Crippen LogP contribution < -0.4 is 5.32 Å². The Labute approximate surface area is 120 Å². The second kappa shape index (κ2) is 6.92. The third-order valence-electron chi connectivity index (χ3n) is 3.29. The molecule has 1 aliphatic rings. The number of nitrogens with zero attached hydrogens (tertiary/aromatic N) is 1. The van der Waals surface area contributed by atoms with E-state index in [0.717, 1.165) is 12.8 Å². The highest BCUT2D eigenvalue weighted by Crippen LogP contribution is 2.17. The van der Waals surface area contributed by atoms with Crippen LogP contribution in [0, 0.1) is 5.92 Å². The summed E-state index contributed by atoms with van der Waals surface area (Å²) in [6.07, 6.45) is 1.03. The van der Waals surface area contributed by atoms with E-state index in [4.69, 9.17) is 9.84 Å². The molecule has 1 rings (SSSR count). The van der Waals surface area contributed by atoms with Crippen molar-refractivity contribution in [3.8, 4) is 0 Å². The Kier molecular flexibility index (Phi) is 5.80. The van der Waals surface area contributed by atoms with Crippen LogP contribution in [0.1, 0.15) is 40.5 Å². The first-order valence-corrected chi connectivity index (χ1v) is 7.12. The highest BCUT2D eigenvalue weighted by atomic mass is 16.6. The van der Waals surface area contributed by atoms with Gasteiger partial charge in [-0.25, -0.2) is 4.79 Å². The molecule has 2 N–H and O–H groups in total. The summed E-state index contributed by atoms with van der Waals surface area (Å²) in [5.74, 6) is 0.181. The number of piperidine rings is 1. The average Bonchev–Trinajstić information content (AvgIpc) is 2.35. The molecular weight excluding hydrogens is 260 g/mol. The van der Waals surface area contributed by atoms with Crippen molar-refractivity contribution in [1.82, 2.24) is 10.2 Å². The van der Waals surface area contributed by atoms with Gasteiger partial charge in [0.2, 0.25) is 5.91 Å². The monoisotopic (exact) mass is 286 g/mol. The smallest absolute Gasteiger partial charge is 0.408 e. The normalized spacial score (nSPS) is 18.6. The van der Waals surface area contributed by atoms with Crippen LogP contribution in [0.5, 0.6) is 0 Å². The molecule has 0 radical (unpaired) electrons. The molecule has 0 saturated carbocycles. The molecule has 20 heavy (non-hydrogen) atoms. The molecule has 0 aromatic heterocycles. The summed E-state index contributed by atoms with van der Waals surface area (Å²) in [7, 11) is 0. The summed E-state index contributed by atoms with van der Waals surface area (Å²) in [6, 6.07) is -0.601. The van der Waals surface area contributed by atoms with Crippen molar-refractivity contribution in [1.29, 1.82) is 0 Å². The van der Waals surface area contributed by atoms with Crippen molar-refractivity contribution < 1.29 is 19.4 Å². The second-order valence-electron chi connectivity index (χ2n) is 6.32. The van der Waals surface area contributed by atoms with Crippen LogP contribution in [-0.2, 0) is 9.53 Å². The summed E-state index contributed by atoms with van der Waals surface area (Å²) in [5.41, 5.74) is -0.577. The molecular formula is C14H26N2O4. The lowest BCUT2D eigenvalue weighted by Gasteiger charge is -2.33. The van der Waals surface area contributed by atoms with Crippen LogP contribution in [-0.4, -0.2) is 53.3 Å². The fourth-order valence-corrected chi connectivity index (χ4v) is 2.16. The van der Waals surface area contributed by atoms with Crippen molar-refractivity contribution in [2.75, 3.05) is 19.7 Å². The third kappa shape index (κ3) is 5.36. The third-order valence-corrected chi connectivity index (χ3v) is 3.29. The van der Waals surface area contributed by atoms with E-state index in [1.807, 2.05) is 0 Å². The van der Waals surface area contributed by atoms with E-state index in [0.29, 0.717) is 13.1 Å². The molecule has 0 bridgehead atoms. The number of aliphatic hydroxyl groups excluding tert-OH is 1. The van der Waals surface area contributed by atoms with E-state index in [9.17, 15) is 9.59 Å². The fourth-order valence-electron chi connectivity index (χ4n) is 2.16. The first-order valence-electron chi connectivity index (χ1n) is 7.12. The molecule has 6 heteroatoms. The van der Waals surface area contributed by atoms with Gasteiger partial charge in [-0.1, -0.05) is 0 Å². The van der Waals surface area contributed by atoms with Gasteiger partial charge < -0.3 is 20.1 Å². The Balaban J connectivity index is 2.41. The molecule has 1 fully saturated rings. The number of alkyl carbamates (subject to hydrolysis) is 1. The number of hydrogen-bond acceptors (Lipinski definition) is 4. The van der Waals surface area contributed by atoms with Gasteiger partial charge in [0.1, 0.15) is 11.6 Å². The van der Waals surface area contributed by atoms with E-state index in [1.54, 1.807) is 32.6 Å². The number of rotatable bonds is 3. The number of ether oxygens (including phenoxy) is 1. The maximum Gasteiger partial charge on any atom is 0.408 e. The summed E-state index contributed by atoms with van der Waals surface area (Å²) in [6.45, 7) is 8.42. The zero-order chi connectivity index (χ0) is 15.3. The summed E-state index contributed by atoms with van der Waals surface area (Å²) in [4.78, 5) is 25.5. The molecule has 1 saturated heterocycles. The first kappa shape index (κ1) is 16.8. The Morgan fingerprint density at radius 2 is 1.90 bits per heavy atom. The molecule has 2 amide bonds. The van der Waals surface area contributed by atoms with Crippen molar-refractivity contribution in [3.63, 3.8) is 0 Å². The predicted molar refractivity (Wildman–Crippen MR) is 75.2 cm³/mol. The quantitative estimate of drug-likeness (QED) is 0.815. The molecule has 0 spiro atoms. The van der Waals surface area contributed by atoms with Crippen LogP contribution >= 0.6 is 0 Å². The van der Waals surface area contributed by atoms with Gasteiger partial charge in [0.15, 0.2) is 0 Å². The Morgan fingerprint density at radius 3 is 2.35 bits per heavy atom. The minimum absolute atomic E-state index is 0.104. The largest absolute Gasteiger partial charge is 0.444 e. The Bertz CT molecular complexity index is 344. The van der Waals surface area contributed by atoms with Gasteiger partial charge in [-0.05, 0) is 46.5 Å². The molecule has 0 unspecified atom stereocenters. The average molecular weight is 286 g/mol. The molecule has 0 aliphatic carbocycles. The Hall–Kier alpha value is -1.30. The summed E-state index contributed by atoms with van der Waals surface area (Å²) in [5, 5.41) is 11.6. The van der Waals surface area contributed by atoms with Gasteiger partial charge in [0.05, 0.1) is 0 Å². The minimum Gasteiger partial charge on any atom is -0.444 e. The zero-order valence-corrected chi connectivity index (χ0v) is 12.8. The number of amides is 2. The van der Waals surface area contributed by atoms with Gasteiger partial charge in [-0.2, -0.15) is 0 Å². The SMILES string of the molecule is C[C@H](NC(=O)OC(C)(C)C)C(=O)N1CCC(CO)CC1. The Morgan fingerprint density at radius 1 is 1.35 bits per heavy atom. The number of likely N-dealkylation sites (tertiary alicyclic amines) is 1. The molecule has 6 nitrogen and oxygen atoms in total. The van der Waals surface area contributed by atoms with Gasteiger partial charge in [-0.3, -0.25) is 4.79 Å².